The van der Waals surface area contributed by atoms with Crippen molar-refractivity contribution < 1.29 is 0 Å². The molecule has 2 heterocycles. The summed E-state index contributed by atoms with van der Waals surface area (Å²) in [6.07, 6.45) is 1.47. The van der Waals surface area contributed by atoms with Gasteiger partial charge < -0.3 is 11.1 Å². The Morgan fingerprint density at radius 1 is 1.20 bits per heavy atom. The molecule has 0 spiro atoms. The Balaban J connectivity index is 2.08. The van der Waals surface area contributed by atoms with Crippen molar-refractivity contribution in [2.24, 2.45) is 5.73 Å². The number of nitrogens with one attached hydrogen (secondary N) is 2. The Kier molecular flexibility index (Phi) is 3.27. The van der Waals surface area contributed by atoms with Crippen LogP contribution in [0.25, 0.3) is 11.0 Å². The average Bonchev–Trinajstić information content (AvgIpc) is 2.90. The minimum absolute atomic E-state index is 0.287. The highest BCUT2D eigenvalue weighted by molar-refractivity contribution is 5.92. The Bertz CT molecular complexity index is 782. The van der Waals surface area contributed by atoms with Crippen molar-refractivity contribution >= 4 is 22.5 Å². The van der Waals surface area contributed by atoms with Crippen LogP contribution in [0.4, 0.5) is 11.5 Å². The van der Waals surface area contributed by atoms with Crippen molar-refractivity contribution in [3.63, 3.8) is 0 Å². The number of H-pyrrole nitrogens is 1. The third kappa shape index (κ3) is 2.30. The lowest BCUT2D eigenvalue weighted by atomic mass is 10.2. The third-order valence-electron chi connectivity index (χ3n) is 2.70. The van der Waals surface area contributed by atoms with Crippen LogP contribution in [0.2, 0.25) is 0 Å². The fourth-order valence-electron chi connectivity index (χ4n) is 1.84. The summed E-state index contributed by atoms with van der Waals surface area (Å²) >= 11 is 0. The van der Waals surface area contributed by atoms with Gasteiger partial charge in [-0.3, -0.25) is 5.10 Å². The second-order valence-electron chi connectivity index (χ2n) is 4.02. The van der Waals surface area contributed by atoms with Gasteiger partial charge >= 0.3 is 0 Å². The maximum atomic E-state index is 5.40. The van der Waals surface area contributed by atoms with E-state index in [4.69, 9.17) is 5.73 Å². The van der Waals surface area contributed by atoms with Gasteiger partial charge in [-0.1, -0.05) is 24.1 Å². The van der Waals surface area contributed by atoms with Crippen molar-refractivity contribution in [3.8, 4) is 11.8 Å². The zero-order chi connectivity index (χ0) is 13.8. The molecule has 2 aromatic heterocycles. The maximum absolute atomic E-state index is 5.40. The molecule has 0 unspecified atom stereocenters. The van der Waals surface area contributed by atoms with Crippen LogP contribution in [0.15, 0.2) is 36.7 Å². The van der Waals surface area contributed by atoms with E-state index in [9.17, 15) is 0 Å². The van der Waals surface area contributed by atoms with E-state index in [1.807, 2.05) is 30.3 Å². The number of anilines is 2. The summed E-state index contributed by atoms with van der Waals surface area (Å²) in [5.74, 6) is 6.40. The Morgan fingerprint density at radius 2 is 2.05 bits per heavy atom. The molecule has 0 saturated heterocycles. The van der Waals surface area contributed by atoms with Crippen LogP contribution < -0.4 is 11.1 Å². The van der Waals surface area contributed by atoms with E-state index < -0.39 is 0 Å². The number of fused-ring (bicyclic) bond motifs is 1. The molecule has 98 valence electrons. The third-order valence-corrected chi connectivity index (χ3v) is 2.70. The van der Waals surface area contributed by atoms with Crippen LogP contribution in [-0.2, 0) is 0 Å². The lowest BCUT2D eigenvalue weighted by molar-refractivity contribution is 1.08. The first-order chi connectivity index (χ1) is 9.88. The molecule has 20 heavy (non-hydrogen) atoms. The minimum Gasteiger partial charge on any atom is -0.339 e. The van der Waals surface area contributed by atoms with Gasteiger partial charge in [-0.2, -0.15) is 5.10 Å². The lowest BCUT2D eigenvalue weighted by Gasteiger charge is -2.05. The summed E-state index contributed by atoms with van der Waals surface area (Å²) in [5, 5.41) is 11.0. The molecule has 4 N–H and O–H groups in total. The fraction of sp³-hybridized carbons (Fsp3) is 0.0714. The Morgan fingerprint density at radius 3 is 2.85 bits per heavy atom. The van der Waals surface area contributed by atoms with Crippen molar-refractivity contribution in [2.45, 2.75) is 0 Å². The van der Waals surface area contributed by atoms with E-state index in [0.29, 0.717) is 17.2 Å². The fourth-order valence-corrected chi connectivity index (χ4v) is 1.84. The first-order valence-electron chi connectivity index (χ1n) is 6.08. The minimum atomic E-state index is 0.287. The van der Waals surface area contributed by atoms with Crippen molar-refractivity contribution in [3.05, 3.63) is 42.4 Å². The molecule has 0 atom stereocenters. The lowest BCUT2D eigenvalue weighted by Crippen LogP contribution is -1.96. The van der Waals surface area contributed by atoms with E-state index in [1.165, 1.54) is 6.33 Å². The largest absolute Gasteiger partial charge is 0.339 e. The van der Waals surface area contributed by atoms with Crippen LogP contribution in [0.3, 0.4) is 0 Å². The Hall–Kier alpha value is -2.91. The molecule has 0 aliphatic carbocycles. The van der Waals surface area contributed by atoms with Crippen LogP contribution in [0.5, 0.6) is 0 Å². The van der Waals surface area contributed by atoms with E-state index in [1.54, 1.807) is 0 Å². The monoisotopic (exact) mass is 264 g/mol. The number of para-hydroxylation sites is 1. The van der Waals surface area contributed by atoms with E-state index in [0.717, 1.165) is 11.1 Å². The molecule has 6 heteroatoms. The molecule has 0 bridgehead atoms. The van der Waals surface area contributed by atoms with Crippen LogP contribution in [0, 0.1) is 11.8 Å². The number of nitrogens with zero attached hydrogens (tertiary/aromatic N) is 3. The first kappa shape index (κ1) is 12.1. The Labute approximate surface area is 115 Å². The van der Waals surface area contributed by atoms with Gasteiger partial charge in [-0.15, -0.1) is 0 Å². The van der Waals surface area contributed by atoms with Gasteiger partial charge in [0.05, 0.1) is 11.9 Å². The number of hydrogen-bond acceptors (Lipinski definition) is 5. The molecule has 1 aromatic carbocycles. The molecular weight excluding hydrogens is 252 g/mol. The topological polar surface area (TPSA) is 92.5 Å². The number of rotatable bonds is 2. The molecule has 0 fully saturated rings. The van der Waals surface area contributed by atoms with E-state index >= 15 is 0 Å². The number of hydrogen-bond donors (Lipinski definition) is 3. The molecule has 0 radical (unpaired) electrons. The smallest absolute Gasteiger partial charge is 0.187 e. The SMILES string of the molecule is NCC#Cc1[nH]nc2ncnc(Nc3ccccc3)c12. The molecule has 6 nitrogen and oxygen atoms in total. The molecule has 0 saturated carbocycles. The quantitative estimate of drug-likeness (QED) is 0.608. The van der Waals surface area contributed by atoms with Gasteiger partial charge in [0.1, 0.15) is 17.8 Å². The summed E-state index contributed by atoms with van der Waals surface area (Å²) < 4.78 is 0. The van der Waals surface area contributed by atoms with Crippen LogP contribution in [-0.4, -0.2) is 26.7 Å². The summed E-state index contributed by atoms with van der Waals surface area (Å²) in [5.41, 5.74) is 7.56. The second-order valence-corrected chi connectivity index (χ2v) is 4.02. The summed E-state index contributed by atoms with van der Waals surface area (Å²) in [4.78, 5) is 8.38. The molecule has 0 aliphatic heterocycles. The van der Waals surface area contributed by atoms with Crippen LogP contribution >= 0.6 is 0 Å². The van der Waals surface area contributed by atoms with E-state index in [-0.39, 0.29) is 6.54 Å². The van der Waals surface area contributed by atoms with E-state index in [2.05, 4.69) is 37.3 Å². The zero-order valence-corrected chi connectivity index (χ0v) is 10.6. The van der Waals surface area contributed by atoms with Crippen molar-refractivity contribution in [1.82, 2.24) is 20.2 Å². The zero-order valence-electron chi connectivity index (χ0n) is 10.6. The highest BCUT2D eigenvalue weighted by atomic mass is 15.2. The van der Waals surface area contributed by atoms with Gasteiger partial charge in [0.15, 0.2) is 5.65 Å². The number of aromatic amines is 1. The van der Waals surface area contributed by atoms with Crippen LogP contribution in [0.1, 0.15) is 5.69 Å². The molecule has 0 aliphatic rings. The highest BCUT2D eigenvalue weighted by Gasteiger charge is 2.11. The molecule has 3 rings (SSSR count). The second kappa shape index (κ2) is 5.38. The first-order valence-corrected chi connectivity index (χ1v) is 6.08. The summed E-state index contributed by atoms with van der Waals surface area (Å²) in [7, 11) is 0. The summed E-state index contributed by atoms with van der Waals surface area (Å²) in [6, 6.07) is 9.77. The predicted octanol–water partition coefficient (Wildman–Crippen LogP) is 1.41. The molecule has 3 aromatic rings. The van der Waals surface area contributed by atoms with Gasteiger partial charge in [-0.05, 0) is 18.1 Å². The van der Waals surface area contributed by atoms with Crippen molar-refractivity contribution in [1.29, 1.82) is 0 Å². The average molecular weight is 264 g/mol. The van der Waals surface area contributed by atoms with Gasteiger partial charge in [0.2, 0.25) is 0 Å². The number of nitrogens with two attached hydrogens (primary N) is 1. The molecular formula is C14H12N6. The standard InChI is InChI=1S/C14H12N6/c15-8-4-7-11-12-13(16-9-17-14(12)20-19-11)18-10-5-2-1-3-6-10/h1-3,5-6,9H,8,15H2,(H2,16,17,18,19,20). The van der Waals surface area contributed by atoms with Gasteiger partial charge in [-0.25, -0.2) is 9.97 Å². The maximum Gasteiger partial charge on any atom is 0.187 e. The number of aromatic nitrogens is 4. The molecule has 0 amide bonds. The van der Waals surface area contributed by atoms with Gasteiger partial charge in [0, 0.05) is 5.69 Å². The normalized spacial score (nSPS) is 10.1. The summed E-state index contributed by atoms with van der Waals surface area (Å²) in [6.45, 7) is 0.287. The predicted molar refractivity (Wildman–Crippen MR) is 77.3 cm³/mol. The number of benzene rings is 1. The highest BCUT2D eigenvalue weighted by Crippen LogP contribution is 2.23. The van der Waals surface area contributed by atoms with Gasteiger partial charge in [0.25, 0.3) is 0 Å². The van der Waals surface area contributed by atoms with Crippen molar-refractivity contribution in [2.75, 3.05) is 11.9 Å².